The lowest BCUT2D eigenvalue weighted by Gasteiger charge is -2.19. The summed E-state index contributed by atoms with van der Waals surface area (Å²) in [5.74, 6) is 0.940. The fourth-order valence-corrected chi connectivity index (χ4v) is 3.06. The molecule has 0 amide bonds. The molecule has 0 atom stereocenters. The lowest BCUT2D eigenvalue weighted by Crippen LogP contribution is -2.30. The average molecular weight is 282 g/mol. The molecular weight excluding hydrogens is 256 g/mol. The van der Waals surface area contributed by atoms with Gasteiger partial charge in [0.15, 0.2) is 0 Å². The first-order valence-corrected chi connectivity index (χ1v) is 8.13. The van der Waals surface area contributed by atoms with Gasteiger partial charge in [-0.25, -0.2) is 4.98 Å². The molecule has 1 aromatic rings. The van der Waals surface area contributed by atoms with Crippen molar-refractivity contribution >= 4 is 16.7 Å². The molecule has 0 unspecified atom stereocenters. The van der Waals surface area contributed by atoms with Gasteiger partial charge in [0.2, 0.25) is 5.13 Å². The van der Waals surface area contributed by atoms with Crippen LogP contribution in [0.4, 0.5) is 5.13 Å². The van der Waals surface area contributed by atoms with E-state index in [9.17, 15) is 0 Å². The Hall–Kier alpha value is -0.680. The maximum Gasteiger partial charge on any atom is 0.202 e. The predicted molar refractivity (Wildman–Crippen MR) is 82.0 cm³/mol. The van der Waals surface area contributed by atoms with Crippen molar-refractivity contribution in [2.75, 3.05) is 31.5 Å². The summed E-state index contributed by atoms with van der Waals surface area (Å²) >= 11 is 1.48. The van der Waals surface area contributed by atoms with Gasteiger partial charge in [0.25, 0.3) is 0 Å². The zero-order valence-electron chi connectivity index (χ0n) is 12.4. The fourth-order valence-electron chi connectivity index (χ4n) is 2.28. The summed E-state index contributed by atoms with van der Waals surface area (Å²) in [5, 5.41) is 4.37. The van der Waals surface area contributed by atoms with E-state index in [4.69, 9.17) is 0 Å². The van der Waals surface area contributed by atoms with Gasteiger partial charge in [0.05, 0.1) is 0 Å². The number of rotatable bonds is 4. The number of nitrogens with zero attached hydrogens (tertiary/aromatic N) is 3. The first-order valence-electron chi connectivity index (χ1n) is 7.36. The van der Waals surface area contributed by atoms with Crippen LogP contribution < -0.4 is 5.32 Å². The van der Waals surface area contributed by atoms with Gasteiger partial charge in [-0.15, -0.1) is 0 Å². The van der Waals surface area contributed by atoms with Crippen LogP contribution in [0.15, 0.2) is 0 Å². The van der Waals surface area contributed by atoms with Crippen molar-refractivity contribution in [2.45, 2.75) is 51.9 Å². The Morgan fingerprint density at radius 1 is 1.16 bits per heavy atom. The van der Waals surface area contributed by atoms with E-state index in [1.54, 1.807) is 0 Å². The van der Waals surface area contributed by atoms with Crippen LogP contribution in [0.5, 0.6) is 0 Å². The molecule has 19 heavy (non-hydrogen) atoms. The molecule has 0 bridgehead atoms. The maximum atomic E-state index is 4.56. The third kappa shape index (κ3) is 4.73. The molecule has 1 saturated heterocycles. The van der Waals surface area contributed by atoms with Gasteiger partial charge in [-0.1, -0.05) is 33.6 Å². The number of nitrogens with one attached hydrogen (secondary N) is 1. The first-order chi connectivity index (χ1) is 9.05. The number of hydrogen-bond acceptors (Lipinski definition) is 5. The SMILES string of the molecule is CC(C)(C)c1nsc(NCCN2CCCCCC2)n1. The molecule has 5 heteroatoms. The Balaban J connectivity index is 1.74. The smallest absolute Gasteiger partial charge is 0.202 e. The highest BCUT2D eigenvalue weighted by Gasteiger charge is 2.19. The summed E-state index contributed by atoms with van der Waals surface area (Å²) in [6.07, 6.45) is 5.50. The van der Waals surface area contributed by atoms with Crippen molar-refractivity contribution in [3.05, 3.63) is 5.82 Å². The van der Waals surface area contributed by atoms with Crippen LogP contribution in [0.2, 0.25) is 0 Å². The second-order valence-corrected chi connectivity index (χ2v) is 7.11. The van der Waals surface area contributed by atoms with Gasteiger partial charge in [-0.05, 0) is 25.9 Å². The Kier molecular flexibility index (Phi) is 5.16. The summed E-state index contributed by atoms with van der Waals surface area (Å²) in [6, 6.07) is 0. The van der Waals surface area contributed by atoms with Crippen LogP contribution in [-0.4, -0.2) is 40.4 Å². The highest BCUT2D eigenvalue weighted by Crippen LogP contribution is 2.22. The number of likely N-dealkylation sites (tertiary alicyclic amines) is 1. The van der Waals surface area contributed by atoms with Crippen LogP contribution in [-0.2, 0) is 5.41 Å². The van der Waals surface area contributed by atoms with Crippen LogP contribution in [0, 0.1) is 0 Å². The minimum Gasteiger partial charge on any atom is -0.359 e. The van der Waals surface area contributed by atoms with Crippen LogP contribution in [0.3, 0.4) is 0 Å². The molecule has 108 valence electrons. The quantitative estimate of drug-likeness (QED) is 0.921. The van der Waals surface area contributed by atoms with E-state index in [1.165, 1.54) is 50.3 Å². The minimum absolute atomic E-state index is 0.0429. The van der Waals surface area contributed by atoms with Gasteiger partial charge >= 0.3 is 0 Å². The van der Waals surface area contributed by atoms with Crippen LogP contribution >= 0.6 is 11.5 Å². The summed E-state index contributed by atoms with van der Waals surface area (Å²) < 4.78 is 4.42. The molecule has 1 N–H and O–H groups in total. The molecule has 1 fully saturated rings. The van der Waals surface area contributed by atoms with Crippen molar-refractivity contribution in [2.24, 2.45) is 0 Å². The summed E-state index contributed by atoms with van der Waals surface area (Å²) in [4.78, 5) is 7.12. The second-order valence-electron chi connectivity index (χ2n) is 6.36. The van der Waals surface area contributed by atoms with E-state index in [-0.39, 0.29) is 5.41 Å². The molecule has 1 aromatic heterocycles. The second kappa shape index (κ2) is 6.66. The Morgan fingerprint density at radius 3 is 2.42 bits per heavy atom. The molecule has 2 heterocycles. The molecule has 1 aliphatic heterocycles. The lowest BCUT2D eigenvalue weighted by atomic mass is 9.96. The van der Waals surface area contributed by atoms with Crippen molar-refractivity contribution < 1.29 is 0 Å². The van der Waals surface area contributed by atoms with E-state index in [0.29, 0.717) is 0 Å². The highest BCUT2D eigenvalue weighted by atomic mass is 32.1. The number of anilines is 1. The Labute approximate surface area is 120 Å². The molecule has 4 nitrogen and oxygen atoms in total. The molecule has 0 aliphatic carbocycles. The van der Waals surface area contributed by atoms with E-state index in [0.717, 1.165) is 24.0 Å². The zero-order chi connectivity index (χ0) is 13.7. The van der Waals surface area contributed by atoms with E-state index < -0.39 is 0 Å². The topological polar surface area (TPSA) is 41.1 Å². The lowest BCUT2D eigenvalue weighted by molar-refractivity contribution is 0.296. The largest absolute Gasteiger partial charge is 0.359 e. The summed E-state index contributed by atoms with van der Waals surface area (Å²) in [7, 11) is 0. The van der Waals surface area contributed by atoms with Crippen LogP contribution in [0.25, 0.3) is 0 Å². The van der Waals surface area contributed by atoms with E-state index in [1.807, 2.05) is 0 Å². The van der Waals surface area contributed by atoms with Crippen molar-refractivity contribution in [3.63, 3.8) is 0 Å². The number of hydrogen-bond donors (Lipinski definition) is 1. The maximum absolute atomic E-state index is 4.56. The van der Waals surface area contributed by atoms with Crippen LogP contribution in [0.1, 0.15) is 52.3 Å². The Bertz CT molecular complexity index is 375. The molecule has 0 aromatic carbocycles. The third-order valence-corrected chi connectivity index (χ3v) is 4.17. The predicted octanol–water partition coefficient (Wildman–Crippen LogP) is 3.12. The van der Waals surface area contributed by atoms with Crippen molar-refractivity contribution in [3.8, 4) is 0 Å². The van der Waals surface area contributed by atoms with Gasteiger partial charge in [0.1, 0.15) is 5.82 Å². The van der Waals surface area contributed by atoms with E-state index >= 15 is 0 Å². The van der Waals surface area contributed by atoms with Gasteiger partial charge < -0.3 is 10.2 Å². The highest BCUT2D eigenvalue weighted by molar-refractivity contribution is 7.09. The first kappa shape index (κ1) is 14.7. The minimum atomic E-state index is 0.0429. The zero-order valence-corrected chi connectivity index (χ0v) is 13.2. The number of aromatic nitrogens is 2. The third-order valence-electron chi connectivity index (χ3n) is 3.50. The van der Waals surface area contributed by atoms with Crippen molar-refractivity contribution in [1.29, 1.82) is 0 Å². The Morgan fingerprint density at radius 2 is 1.84 bits per heavy atom. The molecule has 0 spiro atoms. The average Bonchev–Trinajstić information content (AvgIpc) is 2.67. The van der Waals surface area contributed by atoms with Gasteiger partial charge in [-0.3, -0.25) is 0 Å². The fraction of sp³-hybridized carbons (Fsp3) is 0.857. The summed E-state index contributed by atoms with van der Waals surface area (Å²) in [5.41, 5.74) is 0.0429. The normalized spacial score (nSPS) is 18.3. The molecule has 0 radical (unpaired) electrons. The standard InChI is InChI=1S/C14H26N4S/c1-14(2,3)12-16-13(19-17-12)15-8-11-18-9-6-4-5-7-10-18/h4-11H2,1-3H3,(H,15,16,17). The monoisotopic (exact) mass is 282 g/mol. The molecule has 1 aliphatic rings. The van der Waals surface area contributed by atoms with E-state index in [2.05, 4.69) is 40.3 Å². The summed E-state index contributed by atoms with van der Waals surface area (Å²) in [6.45, 7) is 11.0. The van der Waals surface area contributed by atoms with Gasteiger partial charge in [0, 0.05) is 30.0 Å². The molecule has 0 saturated carbocycles. The molecular formula is C14H26N4S. The molecule has 2 rings (SSSR count). The van der Waals surface area contributed by atoms with Gasteiger partial charge in [-0.2, -0.15) is 4.37 Å². The van der Waals surface area contributed by atoms with Crippen molar-refractivity contribution in [1.82, 2.24) is 14.3 Å².